The number of hydrogen-bond acceptors (Lipinski definition) is 4. The summed E-state index contributed by atoms with van der Waals surface area (Å²) in [5.41, 5.74) is 2.12. The van der Waals surface area contributed by atoms with E-state index in [1.807, 2.05) is 24.3 Å². The molecular formula is C23H24FN3O4. The molecule has 0 aliphatic heterocycles. The van der Waals surface area contributed by atoms with Crippen LogP contribution in [0.4, 0.5) is 4.39 Å². The maximum atomic E-state index is 13.8. The summed E-state index contributed by atoms with van der Waals surface area (Å²) in [6, 6.07) is 12.8. The van der Waals surface area contributed by atoms with Gasteiger partial charge in [-0.3, -0.25) is 9.59 Å². The number of aromatic nitrogens is 1. The van der Waals surface area contributed by atoms with Gasteiger partial charge in [-0.05, 0) is 17.7 Å². The highest BCUT2D eigenvalue weighted by Gasteiger charge is 2.24. The Balaban J connectivity index is 1.61. The van der Waals surface area contributed by atoms with Crippen molar-refractivity contribution in [3.63, 3.8) is 0 Å². The maximum Gasteiger partial charge on any atom is 0.329 e. The number of amides is 2. The Morgan fingerprint density at radius 2 is 1.81 bits per heavy atom. The Hall–Kier alpha value is -3.68. The van der Waals surface area contributed by atoms with Crippen LogP contribution in [0.2, 0.25) is 0 Å². The summed E-state index contributed by atoms with van der Waals surface area (Å²) in [6.07, 6.45) is 1.99. The van der Waals surface area contributed by atoms with Crippen molar-refractivity contribution in [3.8, 4) is 0 Å². The molecule has 31 heavy (non-hydrogen) atoms. The van der Waals surface area contributed by atoms with Crippen LogP contribution >= 0.6 is 0 Å². The number of carbonyl (C=O) groups is 3. The summed E-state index contributed by atoms with van der Waals surface area (Å²) < 4.78 is 18.9. The van der Waals surface area contributed by atoms with Gasteiger partial charge in [-0.2, -0.15) is 0 Å². The number of benzene rings is 2. The fourth-order valence-electron chi connectivity index (χ4n) is 3.27. The number of halogens is 1. The second-order valence-corrected chi connectivity index (χ2v) is 7.27. The van der Waals surface area contributed by atoms with Crippen LogP contribution < -0.4 is 5.32 Å². The molecule has 0 fully saturated rings. The van der Waals surface area contributed by atoms with Crippen molar-refractivity contribution in [3.05, 3.63) is 71.7 Å². The second kappa shape index (κ2) is 9.88. The number of fused-ring (bicyclic) bond motifs is 1. The highest BCUT2D eigenvalue weighted by Crippen LogP contribution is 2.19. The standard InChI is InChI=1S/C23H24FN3O4/c1-15(28)26-21(11-17-12-25-20-10-6-4-8-18(17)20)23(30)31-14-22(29)27(2)13-16-7-3-5-9-19(16)24/h3-10,12,21,25H,11,13-14H2,1-2H3,(H,26,28)/t21-/m0/s1. The van der Waals surface area contributed by atoms with E-state index in [1.165, 1.54) is 24.9 Å². The number of hydrogen-bond donors (Lipinski definition) is 2. The number of H-pyrrole nitrogens is 1. The second-order valence-electron chi connectivity index (χ2n) is 7.27. The molecule has 1 heterocycles. The Morgan fingerprint density at radius 3 is 2.55 bits per heavy atom. The van der Waals surface area contributed by atoms with E-state index in [1.54, 1.807) is 24.4 Å². The first-order chi connectivity index (χ1) is 14.8. The van der Waals surface area contributed by atoms with Crippen molar-refractivity contribution in [1.29, 1.82) is 0 Å². The first-order valence-electron chi connectivity index (χ1n) is 9.81. The highest BCUT2D eigenvalue weighted by molar-refractivity contribution is 5.88. The van der Waals surface area contributed by atoms with Crippen molar-refractivity contribution >= 4 is 28.7 Å². The number of para-hydroxylation sites is 1. The molecule has 0 radical (unpaired) electrons. The van der Waals surface area contributed by atoms with Gasteiger partial charge in [-0.25, -0.2) is 9.18 Å². The minimum atomic E-state index is -0.943. The topological polar surface area (TPSA) is 91.5 Å². The SMILES string of the molecule is CC(=O)N[C@@H](Cc1c[nH]c2ccccc12)C(=O)OCC(=O)N(C)Cc1ccccc1F. The number of nitrogens with zero attached hydrogens (tertiary/aromatic N) is 1. The fourth-order valence-corrected chi connectivity index (χ4v) is 3.27. The zero-order chi connectivity index (χ0) is 22.4. The minimum absolute atomic E-state index is 0.0491. The van der Waals surface area contributed by atoms with E-state index in [9.17, 15) is 18.8 Å². The Morgan fingerprint density at radius 1 is 1.10 bits per heavy atom. The number of nitrogens with one attached hydrogen (secondary N) is 2. The molecule has 1 atom stereocenters. The molecule has 1 aromatic heterocycles. The third-order valence-electron chi connectivity index (χ3n) is 4.89. The molecule has 2 N–H and O–H groups in total. The zero-order valence-electron chi connectivity index (χ0n) is 17.4. The molecule has 0 saturated heterocycles. The van der Waals surface area contributed by atoms with Gasteiger partial charge in [0.1, 0.15) is 11.9 Å². The van der Waals surface area contributed by atoms with Crippen LogP contribution in [0.25, 0.3) is 10.9 Å². The normalized spacial score (nSPS) is 11.7. The molecule has 0 spiro atoms. The van der Waals surface area contributed by atoms with Crippen molar-refractivity contribution in [2.75, 3.05) is 13.7 Å². The molecule has 3 aromatic rings. The smallest absolute Gasteiger partial charge is 0.329 e. The average Bonchev–Trinajstić information content (AvgIpc) is 3.15. The van der Waals surface area contributed by atoms with Crippen LogP contribution in [0.3, 0.4) is 0 Å². The van der Waals surface area contributed by atoms with E-state index in [4.69, 9.17) is 4.74 Å². The van der Waals surface area contributed by atoms with Gasteiger partial charge in [0.15, 0.2) is 6.61 Å². The van der Waals surface area contributed by atoms with Crippen molar-refractivity contribution in [1.82, 2.24) is 15.2 Å². The number of ether oxygens (including phenoxy) is 1. The molecule has 0 aliphatic carbocycles. The van der Waals surface area contributed by atoms with Gasteiger partial charge in [0.25, 0.3) is 5.91 Å². The maximum absolute atomic E-state index is 13.8. The van der Waals surface area contributed by atoms with E-state index in [0.717, 1.165) is 16.5 Å². The summed E-state index contributed by atoms with van der Waals surface area (Å²) >= 11 is 0. The number of carbonyl (C=O) groups excluding carboxylic acids is 3. The third kappa shape index (κ3) is 5.69. The fraction of sp³-hybridized carbons (Fsp3) is 0.261. The van der Waals surface area contributed by atoms with Crippen LogP contribution in [0.5, 0.6) is 0 Å². The van der Waals surface area contributed by atoms with Crippen LogP contribution in [0, 0.1) is 5.82 Å². The van der Waals surface area contributed by atoms with Gasteiger partial charge in [0.2, 0.25) is 5.91 Å². The minimum Gasteiger partial charge on any atom is -0.454 e. The van der Waals surface area contributed by atoms with E-state index < -0.39 is 30.3 Å². The van der Waals surface area contributed by atoms with Gasteiger partial charge in [0, 0.05) is 49.6 Å². The number of esters is 1. The highest BCUT2D eigenvalue weighted by atomic mass is 19.1. The molecule has 0 saturated carbocycles. The molecule has 0 unspecified atom stereocenters. The van der Waals surface area contributed by atoms with Gasteiger partial charge in [-0.1, -0.05) is 36.4 Å². The molecule has 0 aliphatic rings. The van der Waals surface area contributed by atoms with E-state index in [2.05, 4.69) is 10.3 Å². The van der Waals surface area contributed by atoms with Crippen LogP contribution in [0.1, 0.15) is 18.1 Å². The molecule has 0 bridgehead atoms. The van der Waals surface area contributed by atoms with Crippen molar-refractivity contribution < 1.29 is 23.5 Å². The number of aromatic amines is 1. The largest absolute Gasteiger partial charge is 0.454 e. The Bertz CT molecular complexity index is 1100. The first kappa shape index (κ1) is 22.0. The molecule has 8 heteroatoms. The summed E-state index contributed by atoms with van der Waals surface area (Å²) in [4.78, 5) is 40.9. The Kier molecular flexibility index (Phi) is 7.02. The van der Waals surface area contributed by atoms with E-state index >= 15 is 0 Å². The summed E-state index contributed by atoms with van der Waals surface area (Å²) in [5, 5.41) is 3.52. The Labute approximate surface area is 179 Å². The van der Waals surface area contributed by atoms with Gasteiger partial charge in [-0.15, -0.1) is 0 Å². The lowest BCUT2D eigenvalue weighted by Gasteiger charge is -2.20. The molecule has 2 amide bonds. The predicted octanol–water partition coefficient (Wildman–Crippen LogP) is 2.56. The molecule has 2 aromatic carbocycles. The zero-order valence-corrected chi connectivity index (χ0v) is 17.4. The summed E-state index contributed by atoms with van der Waals surface area (Å²) in [6.45, 7) is 0.851. The monoisotopic (exact) mass is 425 g/mol. The number of rotatable bonds is 8. The lowest BCUT2D eigenvalue weighted by atomic mass is 10.0. The molecule has 7 nitrogen and oxygen atoms in total. The third-order valence-corrected chi connectivity index (χ3v) is 4.89. The predicted molar refractivity (Wildman–Crippen MR) is 113 cm³/mol. The van der Waals surface area contributed by atoms with Crippen LogP contribution in [0.15, 0.2) is 54.7 Å². The van der Waals surface area contributed by atoms with E-state index in [-0.39, 0.29) is 18.9 Å². The molecule has 162 valence electrons. The quantitative estimate of drug-likeness (QED) is 0.543. The number of likely N-dealkylation sites (N-methyl/N-ethyl adjacent to an activating group) is 1. The van der Waals surface area contributed by atoms with Gasteiger partial charge < -0.3 is 19.9 Å². The summed E-state index contributed by atoms with van der Waals surface area (Å²) in [5.74, 6) is -1.99. The van der Waals surface area contributed by atoms with Crippen LogP contribution in [-0.4, -0.2) is 47.4 Å². The lowest BCUT2D eigenvalue weighted by molar-refractivity contribution is -0.154. The average molecular weight is 425 g/mol. The lowest BCUT2D eigenvalue weighted by Crippen LogP contribution is -2.43. The van der Waals surface area contributed by atoms with Crippen LogP contribution in [-0.2, 0) is 32.1 Å². The van der Waals surface area contributed by atoms with Gasteiger partial charge in [0.05, 0.1) is 0 Å². The van der Waals surface area contributed by atoms with Crippen molar-refractivity contribution in [2.45, 2.75) is 25.9 Å². The first-order valence-corrected chi connectivity index (χ1v) is 9.81. The molecule has 3 rings (SSSR count). The summed E-state index contributed by atoms with van der Waals surface area (Å²) in [7, 11) is 1.50. The van der Waals surface area contributed by atoms with Crippen molar-refractivity contribution in [2.24, 2.45) is 0 Å². The van der Waals surface area contributed by atoms with Gasteiger partial charge >= 0.3 is 5.97 Å². The molecular weight excluding hydrogens is 401 g/mol. The van der Waals surface area contributed by atoms with E-state index in [0.29, 0.717) is 5.56 Å².